The maximum Gasteiger partial charge on any atom is 0.329 e. The standard InChI is InChI=1S/C8H13F2NO/c1-5(2)3-6-4-11-7(12)8(6,9)10/h5-6H,3-4H2,1-2H3,(H,11,12). The second-order valence-electron chi connectivity index (χ2n) is 3.66. The molecule has 0 aliphatic carbocycles. The number of halogens is 2. The number of carbonyl (C=O) groups excluding carboxylic acids is 1. The Bertz CT molecular complexity index is 191. The van der Waals surface area contributed by atoms with E-state index in [2.05, 4.69) is 5.32 Å². The highest BCUT2D eigenvalue weighted by molar-refractivity contribution is 5.85. The third kappa shape index (κ3) is 1.57. The van der Waals surface area contributed by atoms with Crippen LogP contribution in [0.2, 0.25) is 0 Å². The molecule has 0 saturated carbocycles. The van der Waals surface area contributed by atoms with E-state index >= 15 is 0 Å². The first-order valence-electron chi connectivity index (χ1n) is 4.10. The summed E-state index contributed by atoms with van der Waals surface area (Å²) < 4.78 is 25.9. The van der Waals surface area contributed by atoms with E-state index in [1.807, 2.05) is 13.8 Å². The molecule has 1 N–H and O–H groups in total. The molecular formula is C8H13F2NO. The minimum Gasteiger partial charge on any atom is -0.350 e. The molecule has 1 atom stereocenters. The van der Waals surface area contributed by atoms with Gasteiger partial charge in [0.2, 0.25) is 0 Å². The van der Waals surface area contributed by atoms with E-state index < -0.39 is 17.7 Å². The predicted molar refractivity (Wildman–Crippen MR) is 40.9 cm³/mol. The molecule has 1 aliphatic heterocycles. The van der Waals surface area contributed by atoms with Crippen molar-refractivity contribution in [1.29, 1.82) is 0 Å². The Labute approximate surface area is 70.3 Å². The first-order chi connectivity index (χ1) is 5.44. The second kappa shape index (κ2) is 2.99. The van der Waals surface area contributed by atoms with Gasteiger partial charge in [0.15, 0.2) is 0 Å². The number of rotatable bonds is 2. The Hall–Kier alpha value is -0.670. The number of amides is 1. The Kier molecular flexibility index (Phi) is 2.35. The highest BCUT2D eigenvalue weighted by Gasteiger charge is 2.51. The Balaban J connectivity index is 2.62. The van der Waals surface area contributed by atoms with E-state index in [0.29, 0.717) is 6.42 Å². The molecule has 12 heavy (non-hydrogen) atoms. The highest BCUT2D eigenvalue weighted by Crippen LogP contribution is 2.33. The molecule has 0 aromatic carbocycles. The normalized spacial score (nSPS) is 27.8. The van der Waals surface area contributed by atoms with Crippen LogP contribution in [0.1, 0.15) is 20.3 Å². The maximum absolute atomic E-state index is 13.0. The summed E-state index contributed by atoms with van der Waals surface area (Å²) in [7, 11) is 0. The molecule has 4 heteroatoms. The predicted octanol–water partition coefficient (Wildman–Crippen LogP) is 1.41. The number of carbonyl (C=O) groups is 1. The van der Waals surface area contributed by atoms with Crippen molar-refractivity contribution in [3.63, 3.8) is 0 Å². The van der Waals surface area contributed by atoms with E-state index in [4.69, 9.17) is 0 Å². The van der Waals surface area contributed by atoms with Gasteiger partial charge in [-0.2, -0.15) is 8.78 Å². The Morgan fingerprint density at radius 2 is 2.25 bits per heavy atom. The summed E-state index contributed by atoms with van der Waals surface area (Å²) >= 11 is 0. The van der Waals surface area contributed by atoms with Gasteiger partial charge >= 0.3 is 5.92 Å². The molecule has 1 heterocycles. The molecule has 2 nitrogen and oxygen atoms in total. The molecule has 1 fully saturated rings. The van der Waals surface area contributed by atoms with Gasteiger partial charge in [0, 0.05) is 12.5 Å². The van der Waals surface area contributed by atoms with Crippen molar-refractivity contribution in [2.24, 2.45) is 11.8 Å². The number of alkyl halides is 2. The SMILES string of the molecule is CC(C)CC1CNC(=O)C1(F)F. The van der Waals surface area contributed by atoms with Crippen molar-refractivity contribution < 1.29 is 13.6 Å². The van der Waals surface area contributed by atoms with Crippen molar-refractivity contribution in [2.45, 2.75) is 26.2 Å². The maximum atomic E-state index is 13.0. The van der Waals surface area contributed by atoms with Crippen LogP contribution in [-0.4, -0.2) is 18.4 Å². The van der Waals surface area contributed by atoms with Gasteiger partial charge in [-0.25, -0.2) is 0 Å². The summed E-state index contributed by atoms with van der Waals surface area (Å²) in [6, 6.07) is 0. The zero-order valence-electron chi connectivity index (χ0n) is 7.23. The molecule has 0 aromatic rings. The third-order valence-corrected chi connectivity index (χ3v) is 2.08. The first-order valence-corrected chi connectivity index (χ1v) is 4.10. The average molecular weight is 177 g/mol. The van der Waals surface area contributed by atoms with Crippen LogP contribution in [0.4, 0.5) is 8.78 Å². The fourth-order valence-corrected chi connectivity index (χ4v) is 1.45. The molecule has 1 amide bonds. The molecule has 0 bridgehead atoms. The van der Waals surface area contributed by atoms with Crippen LogP contribution in [0.25, 0.3) is 0 Å². The lowest BCUT2D eigenvalue weighted by Gasteiger charge is -2.17. The number of hydrogen-bond donors (Lipinski definition) is 1. The van der Waals surface area contributed by atoms with E-state index in [1.54, 1.807) is 0 Å². The van der Waals surface area contributed by atoms with Crippen molar-refractivity contribution >= 4 is 5.91 Å². The zero-order chi connectivity index (χ0) is 9.35. The lowest BCUT2D eigenvalue weighted by atomic mass is 9.94. The number of nitrogens with one attached hydrogen (secondary N) is 1. The minimum absolute atomic E-state index is 0.115. The monoisotopic (exact) mass is 177 g/mol. The van der Waals surface area contributed by atoms with E-state index in [-0.39, 0.29) is 12.5 Å². The molecule has 70 valence electrons. The fraction of sp³-hybridized carbons (Fsp3) is 0.875. The molecule has 1 saturated heterocycles. The van der Waals surface area contributed by atoms with Crippen molar-refractivity contribution in [1.82, 2.24) is 5.32 Å². The summed E-state index contributed by atoms with van der Waals surface area (Å²) in [6.07, 6.45) is 0.395. The molecule has 0 aromatic heterocycles. The molecule has 0 spiro atoms. The molecule has 1 aliphatic rings. The third-order valence-electron chi connectivity index (χ3n) is 2.08. The number of hydrogen-bond acceptors (Lipinski definition) is 1. The summed E-state index contributed by atoms with van der Waals surface area (Å²) in [5.74, 6) is -4.88. The average Bonchev–Trinajstić information content (AvgIpc) is 2.15. The van der Waals surface area contributed by atoms with Crippen LogP contribution >= 0.6 is 0 Å². The van der Waals surface area contributed by atoms with Gasteiger partial charge in [0.25, 0.3) is 5.91 Å². The summed E-state index contributed by atoms with van der Waals surface area (Å²) in [5, 5.41) is 2.18. The van der Waals surface area contributed by atoms with Crippen LogP contribution in [0.3, 0.4) is 0 Å². The lowest BCUT2D eigenvalue weighted by Crippen LogP contribution is -2.33. The van der Waals surface area contributed by atoms with Gasteiger partial charge < -0.3 is 5.32 Å². The Morgan fingerprint density at radius 3 is 2.58 bits per heavy atom. The minimum atomic E-state index is -3.15. The van der Waals surface area contributed by atoms with E-state index in [9.17, 15) is 13.6 Å². The van der Waals surface area contributed by atoms with Gasteiger partial charge in [-0.1, -0.05) is 13.8 Å². The van der Waals surface area contributed by atoms with Crippen LogP contribution in [0.15, 0.2) is 0 Å². The smallest absolute Gasteiger partial charge is 0.329 e. The topological polar surface area (TPSA) is 29.1 Å². The van der Waals surface area contributed by atoms with Crippen LogP contribution in [0.5, 0.6) is 0 Å². The zero-order valence-corrected chi connectivity index (χ0v) is 7.23. The largest absolute Gasteiger partial charge is 0.350 e. The van der Waals surface area contributed by atoms with Crippen molar-refractivity contribution in [3.05, 3.63) is 0 Å². The summed E-state index contributed by atoms with van der Waals surface area (Å²) in [5.41, 5.74) is 0. The highest BCUT2D eigenvalue weighted by atomic mass is 19.3. The van der Waals surface area contributed by atoms with Gasteiger partial charge in [-0.15, -0.1) is 0 Å². The van der Waals surface area contributed by atoms with E-state index in [1.165, 1.54) is 0 Å². The fourth-order valence-electron chi connectivity index (χ4n) is 1.45. The molecule has 1 rings (SSSR count). The van der Waals surface area contributed by atoms with Gasteiger partial charge in [-0.3, -0.25) is 4.79 Å². The van der Waals surface area contributed by atoms with Crippen molar-refractivity contribution in [3.8, 4) is 0 Å². The second-order valence-corrected chi connectivity index (χ2v) is 3.66. The van der Waals surface area contributed by atoms with E-state index in [0.717, 1.165) is 0 Å². The quantitative estimate of drug-likeness (QED) is 0.679. The molecular weight excluding hydrogens is 164 g/mol. The van der Waals surface area contributed by atoms with Crippen LogP contribution < -0.4 is 5.32 Å². The lowest BCUT2D eigenvalue weighted by molar-refractivity contribution is -0.144. The first kappa shape index (κ1) is 9.42. The van der Waals surface area contributed by atoms with Gasteiger partial charge in [0.1, 0.15) is 0 Å². The Morgan fingerprint density at radius 1 is 1.67 bits per heavy atom. The van der Waals surface area contributed by atoms with Crippen LogP contribution in [-0.2, 0) is 4.79 Å². The van der Waals surface area contributed by atoms with Gasteiger partial charge in [-0.05, 0) is 12.3 Å². The van der Waals surface area contributed by atoms with Crippen LogP contribution in [0, 0.1) is 11.8 Å². The van der Waals surface area contributed by atoms with Crippen molar-refractivity contribution in [2.75, 3.05) is 6.54 Å². The molecule has 1 unspecified atom stereocenters. The summed E-state index contributed by atoms with van der Waals surface area (Å²) in [4.78, 5) is 10.6. The van der Waals surface area contributed by atoms with Gasteiger partial charge in [0.05, 0.1) is 0 Å². The molecule has 0 radical (unpaired) electrons. The summed E-state index contributed by atoms with van der Waals surface area (Å²) in [6.45, 7) is 3.86.